The van der Waals surface area contributed by atoms with Gasteiger partial charge in [-0.3, -0.25) is 4.98 Å². The van der Waals surface area contributed by atoms with Crippen molar-refractivity contribution in [2.75, 3.05) is 0 Å². The molecular formula is C26H30F2N2O. The third-order valence-electron chi connectivity index (χ3n) is 8.79. The number of hydrogen-bond donors (Lipinski definition) is 1. The highest BCUT2D eigenvalue weighted by molar-refractivity contribution is 5.96. The van der Waals surface area contributed by atoms with Gasteiger partial charge in [0.2, 0.25) is 0 Å². The first-order valence-electron chi connectivity index (χ1n) is 11.4. The van der Waals surface area contributed by atoms with E-state index >= 15 is 0 Å². The Bertz CT molecular complexity index is 1040. The van der Waals surface area contributed by atoms with Gasteiger partial charge in [-0.05, 0) is 78.6 Å². The molecular weight excluding hydrogens is 394 g/mol. The Morgan fingerprint density at radius 2 is 1.97 bits per heavy atom. The van der Waals surface area contributed by atoms with E-state index in [1.54, 1.807) is 12.3 Å². The third kappa shape index (κ3) is 2.95. The number of halogens is 2. The van der Waals surface area contributed by atoms with Gasteiger partial charge in [-0.1, -0.05) is 49.2 Å². The highest BCUT2D eigenvalue weighted by Crippen LogP contribution is 2.66. The summed E-state index contributed by atoms with van der Waals surface area (Å²) in [5, 5.41) is 12.8. The van der Waals surface area contributed by atoms with Crippen LogP contribution in [0.2, 0.25) is 0 Å². The standard InChI is InChI=1S/C26H30F2N2O/c1-15-10-19-21-5-4-20(16-11-17(24(27)28)14-29-13-16)25(21,2)9-7-22(19)26(3)8-6-18(30-31)12-23(15)26/h4-5,11-15,19,22,24,31H,6-10H2,1-3H3/b30-18+/t15?,19-,22-,25+,26+/m0/s1. The van der Waals surface area contributed by atoms with Crippen molar-refractivity contribution in [3.05, 3.63) is 59.0 Å². The van der Waals surface area contributed by atoms with Gasteiger partial charge < -0.3 is 5.21 Å². The van der Waals surface area contributed by atoms with Crippen LogP contribution < -0.4 is 0 Å². The molecule has 4 aliphatic rings. The second-order valence-electron chi connectivity index (χ2n) is 10.3. The Balaban J connectivity index is 1.49. The summed E-state index contributed by atoms with van der Waals surface area (Å²) in [4.78, 5) is 4.11. The molecule has 0 saturated heterocycles. The first-order valence-corrected chi connectivity index (χ1v) is 11.4. The van der Waals surface area contributed by atoms with Gasteiger partial charge in [0.1, 0.15) is 0 Å². The normalized spacial score (nSPS) is 38.2. The third-order valence-corrected chi connectivity index (χ3v) is 8.79. The molecule has 2 fully saturated rings. The molecule has 1 heterocycles. The van der Waals surface area contributed by atoms with Gasteiger partial charge in [0.05, 0.1) is 5.71 Å². The lowest BCUT2D eigenvalue weighted by molar-refractivity contribution is 0.0532. The fourth-order valence-electron chi connectivity index (χ4n) is 7.20. The quantitative estimate of drug-likeness (QED) is 0.411. The van der Waals surface area contributed by atoms with Crippen molar-refractivity contribution in [1.82, 2.24) is 4.98 Å². The predicted octanol–water partition coefficient (Wildman–Crippen LogP) is 6.97. The Morgan fingerprint density at radius 3 is 2.71 bits per heavy atom. The zero-order valence-corrected chi connectivity index (χ0v) is 18.4. The van der Waals surface area contributed by atoms with E-state index in [1.165, 1.54) is 17.3 Å². The molecule has 0 aromatic carbocycles. The van der Waals surface area contributed by atoms with Crippen LogP contribution in [0, 0.1) is 28.6 Å². The maximum atomic E-state index is 13.3. The smallest absolute Gasteiger partial charge is 0.265 e. The second kappa shape index (κ2) is 7.11. The predicted molar refractivity (Wildman–Crippen MR) is 118 cm³/mol. The van der Waals surface area contributed by atoms with E-state index in [0.717, 1.165) is 49.0 Å². The molecule has 1 aromatic rings. The Kier molecular flexibility index (Phi) is 4.72. The summed E-state index contributed by atoms with van der Waals surface area (Å²) < 4.78 is 26.6. The number of nitrogens with zero attached hydrogens (tertiary/aromatic N) is 2. The maximum absolute atomic E-state index is 13.3. The molecule has 4 aliphatic carbocycles. The summed E-state index contributed by atoms with van der Waals surface area (Å²) in [6, 6.07) is 1.61. The maximum Gasteiger partial charge on any atom is 0.265 e. The van der Waals surface area contributed by atoms with Crippen LogP contribution in [0.1, 0.15) is 70.4 Å². The molecule has 5 rings (SSSR count). The Morgan fingerprint density at radius 1 is 1.16 bits per heavy atom. The highest BCUT2D eigenvalue weighted by Gasteiger charge is 2.56. The van der Waals surface area contributed by atoms with E-state index in [1.807, 2.05) is 0 Å². The summed E-state index contributed by atoms with van der Waals surface area (Å²) in [7, 11) is 0. The van der Waals surface area contributed by atoms with Gasteiger partial charge in [-0.2, -0.15) is 0 Å². The van der Waals surface area contributed by atoms with Gasteiger partial charge in [0.25, 0.3) is 6.43 Å². The van der Waals surface area contributed by atoms with Crippen LogP contribution in [0.4, 0.5) is 8.78 Å². The number of alkyl halides is 2. The number of allylic oxidation sites excluding steroid dienone is 6. The van der Waals surface area contributed by atoms with Crippen LogP contribution >= 0.6 is 0 Å². The molecule has 0 spiro atoms. The molecule has 5 heteroatoms. The summed E-state index contributed by atoms with van der Waals surface area (Å²) in [5.74, 6) is 1.48. The molecule has 1 N–H and O–H groups in total. The van der Waals surface area contributed by atoms with Crippen LogP contribution in [-0.4, -0.2) is 15.9 Å². The first kappa shape index (κ1) is 20.6. The molecule has 5 atom stereocenters. The number of fused-ring (bicyclic) bond motifs is 5. The molecule has 0 radical (unpaired) electrons. The van der Waals surface area contributed by atoms with E-state index in [2.05, 4.69) is 49.1 Å². The Hall–Kier alpha value is -2.30. The van der Waals surface area contributed by atoms with Crippen molar-refractivity contribution in [2.24, 2.45) is 33.7 Å². The average molecular weight is 425 g/mol. The summed E-state index contributed by atoms with van der Waals surface area (Å²) in [5.41, 5.74) is 5.66. The summed E-state index contributed by atoms with van der Waals surface area (Å²) in [6.07, 6.45) is 12.1. The zero-order chi connectivity index (χ0) is 22.0. The highest BCUT2D eigenvalue weighted by atomic mass is 19.3. The largest absolute Gasteiger partial charge is 0.411 e. The second-order valence-corrected chi connectivity index (χ2v) is 10.3. The monoisotopic (exact) mass is 424 g/mol. The molecule has 2 saturated carbocycles. The van der Waals surface area contributed by atoms with Crippen molar-refractivity contribution in [3.8, 4) is 0 Å². The molecule has 0 bridgehead atoms. The van der Waals surface area contributed by atoms with Crippen molar-refractivity contribution in [2.45, 2.75) is 59.3 Å². The van der Waals surface area contributed by atoms with Gasteiger partial charge >= 0.3 is 0 Å². The SMILES string of the molecule is CC1C[C@H]2C3=CC=C(c4cncc(C(F)F)c4)[C@@]3(C)CC[C@@H]2[C@@]2(C)CC/C(=N\O)C=C12. The lowest BCUT2D eigenvalue weighted by Crippen LogP contribution is -2.49. The zero-order valence-electron chi connectivity index (χ0n) is 18.4. The van der Waals surface area contributed by atoms with Crippen molar-refractivity contribution in [3.63, 3.8) is 0 Å². The van der Waals surface area contributed by atoms with E-state index in [-0.39, 0.29) is 16.4 Å². The van der Waals surface area contributed by atoms with Gasteiger partial charge in [-0.25, -0.2) is 8.78 Å². The van der Waals surface area contributed by atoms with Crippen LogP contribution in [0.25, 0.3) is 5.57 Å². The Labute approximate surface area is 182 Å². The van der Waals surface area contributed by atoms with Crippen molar-refractivity contribution >= 4 is 11.3 Å². The minimum atomic E-state index is -2.51. The van der Waals surface area contributed by atoms with E-state index < -0.39 is 6.43 Å². The number of pyridine rings is 1. The molecule has 31 heavy (non-hydrogen) atoms. The minimum Gasteiger partial charge on any atom is -0.411 e. The van der Waals surface area contributed by atoms with Crippen LogP contribution in [0.5, 0.6) is 0 Å². The average Bonchev–Trinajstić information content (AvgIpc) is 3.11. The summed E-state index contributed by atoms with van der Waals surface area (Å²) in [6.45, 7) is 6.99. The van der Waals surface area contributed by atoms with Crippen LogP contribution in [0.3, 0.4) is 0 Å². The van der Waals surface area contributed by atoms with Crippen LogP contribution in [-0.2, 0) is 0 Å². The lowest BCUT2D eigenvalue weighted by Gasteiger charge is -2.57. The van der Waals surface area contributed by atoms with E-state index in [9.17, 15) is 14.0 Å². The van der Waals surface area contributed by atoms with Crippen molar-refractivity contribution in [1.29, 1.82) is 0 Å². The molecule has 1 aromatic heterocycles. The molecule has 0 aliphatic heterocycles. The number of oxime groups is 1. The lowest BCUT2D eigenvalue weighted by atomic mass is 9.46. The summed E-state index contributed by atoms with van der Waals surface area (Å²) >= 11 is 0. The van der Waals surface area contributed by atoms with Gasteiger partial charge in [0.15, 0.2) is 0 Å². The minimum absolute atomic E-state index is 0.0127. The molecule has 3 nitrogen and oxygen atoms in total. The first-order chi connectivity index (χ1) is 14.8. The van der Waals surface area contributed by atoms with E-state index in [4.69, 9.17) is 0 Å². The topological polar surface area (TPSA) is 45.5 Å². The van der Waals surface area contributed by atoms with Crippen LogP contribution in [0.15, 0.2) is 53.0 Å². The fraction of sp³-hybridized carbons (Fsp3) is 0.538. The van der Waals surface area contributed by atoms with Gasteiger partial charge in [0, 0.05) is 23.4 Å². The van der Waals surface area contributed by atoms with Crippen molar-refractivity contribution < 1.29 is 14.0 Å². The molecule has 1 unspecified atom stereocenters. The number of rotatable bonds is 2. The fourth-order valence-corrected chi connectivity index (χ4v) is 7.20. The van der Waals surface area contributed by atoms with E-state index in [0.29, 0.717) is 17.8 Å². The molecule has 0 amide bonds. The number of aromatic nitrogens is 1. The van der Waals surface area contributed by atoms with Gasteiger partial charge in [-0.15, -0.1) is 0 Å². The molecule has 164 valence electrons. The number of hydrogen-bond acceptors (Lipinski definition) is 3.